The van der Waals surface area contributed by atoms with Gasteiger partial charge in [-0.1, -0.05) is 6.92 Å². The number of nitrogens with zero attached hydrogens (tertiary/aromatic N) is 4. The molecule has 3 aromatic rings. The van der Waals surface area contributed by atoms with Gasteiger partial charge in [-0.15, -0.1) is 0 Å². The summed E-state index contributed by atoms with van der Waals surface area (Å²) in [5.74, 6) is 1.29. The van der Waals surface area contributed by atoms with Crippen LogP contribution in [0.2, 0.25) is 0 Å². The van der Waals surface area contributed by atoms with Crippen molar-refractivity contribution in [3.8, 4) is 11.3 Å². The van der Waals surface area contributed by atoms with Crippen molar-refractivity contribution < 1.29 is 9.13 Å². The Morgan fingerprint density at radius 3 is 2.60 bits per heavy atom. The van der Waals surface area contributed by atoms with E-state index in [4.69, 9.17) is 9.72 Å². The zero-order valence-corrected chi connectivity index (χ0v) is 21.7. The Morgan fingerprint density at radius 2 is 1.94 bits per heavy atom. The molecule has 0 unspecified atom stereocenters. The average molecular weight is 480 g/mol. The van der Waals surface area contributed by atoms with E-state index in [1.54, 1.807) is 6.07 Å². The predicted octanol–water partition coefficient (Wildman–Crippen LogP) is 5.27. The van der Waals surface area contributed by atoms with Crippen molar-refractivity contribution in [2.75, 3.05) is 37.7 Å². The second-order valence-electron chi connectivity index (χ2n) is 10.4. The normalized spacial score (nSPS) is 21.1. The van der Waals surface area contributed by atoms with E-state index in [0.29, 0.717) is 17.5 Å². The molecule has 188 valence electrons. The number of H-pyrrole nitrogens is 1. The molecular formula is C28H38FN5O. The Hall–Kier alpha value is -2.51. The van der Waals surface area contributed by atoms with Gasteiger partial charge in [0.05, 0.1) is 5.69 Å². The van der Waals surface area contributed by atoms with E-state index in [-0.39, 0.29) is 11.9 Å². The van der Waals surface area contributed by atoms with Crippen LogP contribution in [0.4, 0.5) is 10.2 Å². The lowest BCUT2D eigenvalue weighted by molar-refractivity contribution is 0.0259. The minimum absolute atomic E-state index is 0.243. The second-order valence-corrected chi connectivity index (χ2v) is 10.4. The van der Waals surface area contributed by atoms with Gasteiger partial charge in [-0.25, -0.2) is 9.37 Å². The predicted molar refractivity (Wildman–Crippen MR) is 140 cm³/mol. The van der Waals surface area contributed by atoms with Crippen LogP contribution in [0, 0.1) is 25.6 Å². The van der Waals surface area contributed by atoms with Crippen LogP contribution in [0.5, 0.6) is 0 Å². The van der Waals surface area contributed by atoms with Crippen molar-refractivity contribution >= 4 is 16.7 Å². The molecule has 4 heterocycles. The highest BCUT2D eigenvalue weighted by molar-refractivity contribution is 5.94. The van der Waals surface area contributed by atoms with E-state index < -0.39 is 0 Å². The Morgan fingerprint density at radius 1 is 1.17 bits per heavy atom. The van der Waals surface area contributed by atoms with Gasteiger partial charge in [-0.05, 0) is 82.2 Å². The van der Waals surface area contributed by atoms with Gasteiger partial charge in [-0.3, -0.25) is 10.00 Å². The summed E-state index contributed by atoms with van der Waals surface area (Å²) in [7, 11) is 0. The number of aromatic nitrogens is 3. The van der Waals surface area contributed by atoms with Crippen LogP contribution in [0.25, 0.3) is 22.2 Å². The molecular weight excluding hydrogens is 441 g/mol. The summed E-state index contributed by atoms with van der Waals surface area (Å²) in [5, 5.41) is 8.56. The molecule has 1 N–H and O–H groups in total. The maximum absolute atomic E-state index is 15.2. The topological polar surface area (TPSA) is 57.3 Å². The molecule has 2 aliphatic rings. The number of piperazine rings is 1. The van der Waals surface area contributed by atoms with E-state index >= 15 is 4.39 Å². The van der Waals surface area contributed by atoms with E-state index in [9.17, 15) is 0 Å². The van der Waals surface area contributed by atoms with Crippen LogP contribution in [0.1, 0.15) is 50.4 Å². The molecule has 1 aromatic carbocycles. The molecule has 2 saturated heterocycles. The summed E-state index contributed by atoms with van der Waals surface area (Å²) in [5.41, 5.74) is 5.36. The maximum atomic E-state index is 15.2. The molecule has 35 heavy (non-hydrogen) atoms. The molecule has 0 bridgehead atoms. The molecule has 2 atom stereocenters. The van der Waals surface area contributed by atoms with E-state index in [1.165, 1.54) is 0 Å². The number of rotatable bonds is 5. The van der Waals surface area contributed by atoms with Crippen molar-refractivity contribution in [3.63, 3.8) is 0 Å². The number of nitrogens with one attached hydrogen (secondary N) is 1. The fourth-order valence-electron chi connectivity index (χ4n) is 5.95. The molecule has 2 aliphatic heterocycles. The Balaban J connectivity index is 1.53. The number of pyridine rings is 1. The quantitative estimate of drug-likeness (QED) is 0.540. The molecule has 0 radical (unpaired) electrons. The maximum Gasteiger partial charge on any atom is 0.149 e. The lowest BCUT2D eigenvalue weighted by Gasteiger charge is -2.46. The summed E-state index contributed by atoms with van der Waals surface area (Å²) in [6.07, 6.45) is 3.07. The smallest absolute Gasteiger partial charge is 0.149 e. The van der Waals surface area contributed by atoms with Crippen LogP contribution in [-0.4, -0.2) is 65.0 Å². The fraction of sp³-hybridized carbons (Fsp3) is 0.571. The highest BCUT2D eigenvalue weighted by Gasteiger charge is 2.33. The van der Waals surface area contributed by atoms with Gasteiger partial charge in [-0.2, -0.15) is 5.10 Å². The number of hydrogen-bond donors (Lipinski definition) is 1. The lowest BCUT2D eigenvalue weighted by atomic mass is 9.91. The van der Waals surface area contributed by atoms with Crippen molar-refractivity contribution in [1.82, 2.24) is 20.1 Å². The fourth-order valence-corrected chi connectivity index (χ4v) is 5.95. The van der Waals surface area contributed by atoms with Crippen LogP contribution in [0.3, 0.4) is 0 Å². The number of aromatic amines is 1. The van der Waals surface area contributed by atoms with Crippen LogP contribution in [-0.2, 0) is 11.2 Å². The minimum Gasteiger partial charge on any atom is -0.381 e. The molecule has 0 saturated carbocycles. The first-order valence-corrected chi connectivity index (χ1v) is 13.1. The molecule has 2 fully saturated rings. The standard InChI is InChI=1S/C28H38FN5O/c1-6-21-14-23-19(4)26(25-13-17(2)31-32-25)28(30-27(23)24(29)15-21)34-10-9-33(16-18(34)3)20(5)22-7-11-35-12-8-22/h13-15,18,20,22H,6-12,16H2,1-5H3,(H,31,32)/t18-,20-/m1/s1. The summed E-state index contributed by atoms with van der Waals surface area (Å²) in [4.78, 5) is 9.98. The third-order valence-corrected chi connectivity index (χ3v) is 8.17. The number of fused-ring (bicyclic) bond motifs is 1. The Bertz CT molecular complexity index is 1200. The molecule has 0 spiro atoms. The zero-order valence-electron chi connectivity index (χ0n) is 21.7. The molecule has 0 aliphatic carbocycles. The number of benzene rings is 1. The van der Waals surface area contributed by atoms with Crippen molar-refractivity contribution in [2.45, 2.75) is 66.0 Å². The van der Waals surface area contributed by atoms with Gasteiger partial charge < -0.3 is 9.64 Å². The van der Waals surface area contributed by atoms with Gasteiger partial charge in [0.1, 0.15) is 17.2 Å². The number of halogens is 1. The van der Waals surface area contributed by atoms with Gasteiger partial charge >= 0.3 is 0 Å². The molecule has 7 heteroatoms. The van der Waals surface area contributed by atoms with E-state index in [1.807, 2.05) is 6.92 Å². The van der Waals surface area contributed by atoms with Crippen molar-refractivity contribution in [1.29, 1.82) is 0 Å². The summed E-state index contributed by atoms with van der Waals surface area (Å²) < 4.78 is 20.8. The SMILES string of the molecule is CCc1cc(F)c2nc(N3CCN([C@H](C)C4CCOCC4)C[C@H]3C)c(-c3cc(C)[nH]n3)c(C)c2c1. The molecule has 2 aromatic heterocycles. The van der Waals surface area contributed by atoms with E-state index in [0.717, 1.165) is 91.4 Å². The minimum atomic E-state index is -0.243. The van der Waals surface area contributed by atoms with Crippen molar-refractivity contribution in [2.24, 2.45) is 5.92 Å². The van der Waals surface area contributed by atoms with Crippen LogP contribution >= 0.6 is 0 Å². The summed E-state index contributed by atoms with van der Waals surface area (Å²) in [6, 6.07) is 6.58. The van der Waals surface area contributed by atoms with Crippen LogP contribution < -0.4 is 4.90 Å². The number of ether oxygens (including phenoxy) is 1. The highest BCUT2D eigenvalue weighted by Crippen LogP contribution is 2.39. The van der Waals surface area contributed by atoms with Gasteiger partial charge in [0.25, 0.3) is 0 Å². The number of aryl methyl sites for hydroxylation is 3. The molecule has 6 nitrogen and oxygen atoms in total. The lowest BCUT2D eigenvalue weighted by Crippen LogP contribution is -2.56. The Kier molecular flexibility index (Phi) is 6.82. The average Bonchev–Trinajstić information content (AvgIpc) is 3.29. The summed E-state index contributed by atoms with van der Waals surface area (Å²) in [6.45, 7) is 15.3. The van der Waals surface area contributed by atoms with E-state index in [2.05, 4.69) is 59.8 Å². The third-order valence-electron chi connectivity index (χ3n) is 8.17. The monoisotopic (exact) mass is 479 g/mol. The first-order valence-electron chi connectivity index (χ1n) is 13.1. The largest absolute Gasteiger partial charge is 0.381 e. The first kappa shape index (κ1) is 24.2. The second kappa shape index (κ2) is 9.86. The summed E-state index contributed by atoms with van der Waals surface area (Å²) >= 11 is 0. The first-order chi connectivity index (χ1) is 16.9. The van der Waals surface area contributed by atoms with Gasteiger partial charge in [0.2, 0.25) is 0 Å². The zero-order chi connectivity index (χ0) is 24.7. The third kappa shape index (κ3) is 4.56. The highest BCUT2D eigenvalue weighted by atomic mass is 19.1. The van der Waals surface area contributed by atoms with Gasteiger partial charge in [0, 0.05) is 61.6 Å². The van der Waals surface area contributed by atoms with Crippen molar-refractivity contribution in [3.05, 3.63) is 40.8 Å². The Labute approximate surface area is 207 Å². The van der Waals surface area contributed by atoms with Gasteiger partial charge in [0.15, 0.2) is 0 Å². The van der Waals surface area contributed by atoms with Crippen LogP contribution in [0.15, 0.2) is 18.2 Å². The molecule has 0 amide bonds. The number of hydrogen-bond acceptors (Lipinski definition) is 5. The molecule has 5 rings (SSSR count). The number of anilines is 1.